The van der Waals surface area contributed by atoms with Gasteiger partial charge in [-0.05, 0) is 50.3 Å². The van der Waals surface area contributed by atoms with Crippen LogP contribution in [0.5, 0.6) is 0 Å². The van der Waals surface area contributed by atoms with Crippen LogP contribution in [0.25, 0.3) is 0 Å². The van der Waals surface area contributed by atoms with E-state index in [0.717, 1.165) is 32.4 Å². The van der Waals surface area contributed by atoms with E-state index >= 15 is 0 Å². The molecule has 0 unspecified atom stereocenters. The van der Waals surface area contributed by atoms with Gasteiger partial charge in [0.05, 0.1) is 0 Å². The van der Waals surface area contributed by atoms with Crippen LogP contribution in [0.15, 0.2) is 24.3 Å². The van der Waals surface area contributed by atoms with Crippen LogP contribution in [0.4, 0.5) is 10.5 Å². The van der Waals surface area contributed by atoms with Gasteiger partial charge in [-0.3, -0.25) is 9.59 Å². The average Bonchev–Trinajstić information content (AvgIpc) is 3.26. The minimum atomic E-state index is -0.133. The minimum absolute atomic E-state index is 0.0422. The number of nitrogens with one attached hydrogen (secondary N) is 2. The van der Waals surface area contributed by atoms with Crippen LogP contribution in [-0.2, 0) is 4.79 Å². The number of piperidine rings is 1. The van der Waals surface area contributed by atoms with E-state index in [1.54, 1.807) is 24.3 Å². The van der Waals surface area contributed by atoms with E-state index in [1.807, 2.05) is 16.7 Å². The van der Waals surface area contributed by atoms with Gasteiger partial charge < -0.3 is 20.4 Å². The van der Waals surface area contributed by atoms with Gasteiger partial charge >= 0.3 is 6.03 Å². The van der Waals surface area contributed by atoms with Crippen molar-refractivity contribution in [2.45, 2.75) is 39.0 Å². The first-order chi connectivity index (χ1) is 13.6. The lowest BCUT2D eigenvalue weighted by atomic mass is 9.96. The Labute approximate surface area is 166 Å². The smallest absolute Gasteiger partial charge is 0.319 e. The molecule has 0 aliphatic carbocycles. The summed E-state index contributed by atoms with van der Waals surface area (Å²) in [6, 6.07) is 7.12. The summed E-state index contributed by atoms with van der Waals surface area (Å²) in [5.41, 5.74) is 1.17. The second-order valence-corrected chi connectivity index (χ2v) is 7.56. The first kappa shape index (κ1) is 20.2. The molecule has 2 heterocycles. The molecular formula is C21H30N4O3. The van der Waals surface area contributed by atoms with Crippen LogP contribution >= 0.6 is 0 Å². The fraction of sp³-hybridized carbons (Fsp3) is 0.571. The molecule has 1 aromatic rings. The highest BCUT2D eigenvalue weighted by Crippen LogP contribution is 2.22. The lowest BCUT2D eigenvalue weighted by Gasteiger charge is -2.34. The Kier molecular flexibility index (Phi) is 6.90. The van der Waals surface area contributed by atoms with E-state index in [9.17, 15) is 14.4 Å². The Morgan fingerprint density at radius 1 is 1.04 bits per heavy atom. The average molecular weight is 386 g/mol. The molecule has 1 aromatic carbocycles. The number of rotatable bonds is 5. The molecule has 0 atom stereocenters. The van der Waals surface area contributed by atoms with Crippen LogP contribution in [0.2, 0.25) is 0 Å². The Morgan fingerprint density at radius 2 is 1.71 bits per heavy atom. The summed E-state index contributed by atoms with van der Waals surface area (Å²) in [6.45, 7) is 5.56. The van der Waals surface area contributed by atoms with Gasteiger partial charge in [-0.1, -0.05) is 13.0 Å². The molecule has 3 rings (SSSR count). The number of benzene rings is 1. The Bertz CT molecular complexity index is 707. The van der Waals surface area contributed by atoms with Crippen molar-refractivity contribution in [1.82, 2.24) is 15.1 Å². The van der Waals surface area contributed by atoms with E-state index in [2.05, 4.69) is 10.6 Å². The van der Waals surface area contributed by atoms with Gasteiger partial charge in [0.25, 0.3) is 5.91 Å². The summed E-state index contributed by atoms with van der Waals surface area (Å²) in [6.07, 6.45) is 4.38. The zero-order valence-electron chi connectivity index (χ0n) is 16.6. The standard InChI is InChI=1S/C21H30N4O3/c1-2-10-22-19(26)17-6-5-7-18(15-17)23-20(27)16-8-13-25(14-9-16)21(28)24-11-3-4-12-24/h5-7,15-16H,2-4,8-14H2,1H3,(H,22,26)(H,23,27). The van der Waals surface area contributed by atoms with Crippen LogP contribution in [0.1, 0.15) is 49.4 Å². The third-order valence-corrected chi connectivity index (χ3v) is 5.44. The van der Waals surface area contributed by atoms with Gasteiger partial charge in [-0.15, -0.1) is 0 Å². The number of hydrogen-bond donors (Lipinski definition) is 2. The fourth-order valence-electron chi connectivity index (χ4n) is 3.76. The molecule has 7 nitrogen and oxygen atoms in total. The molecular weight excluding hydrogens is 356 g/mol. The lowest BCUT2D eigenvalue weighted by molar-refractivity contribution is -0.121. The van der Waals surface area contributed by atoms with Gasteiger partial charge in [0.15, 0.2) is 0 Å². The van der Waals surface area contributed by atoms with Crippen molar-refractivity contribution in [2.75, 3.05) is 38.0 Å². The summed E-state index contributed by atoms with van der Waals surface area (Å²) < 4.78 is 0. The summed E-state index contributed by atoms with van der Waals surface area (Å²) in [5.74, 6) is -0.286. The molecule has 2 N–H and O–H groups in total. The zero-order chi connectivity index (χ0) is 19.9. The number of anilines is 1. The van der Waals surface area contributed by atoms with E-state index in [0.29, 0.717) is 43.7 Å². The Balaban J connectivity index is 1.50. The first-order valence-electron chi connectivity index (χ1n) is 10.3. The summed E-state index contributed by atoms with van der Waals surface area (Å²) in [4.78, 5) is 41.0. The number of likely N-dealkylation sites (tertiary alicyclic amines) is 2. The van der Waals surface area contributed by atoms with E-state index < -0.39 is 0 Å². The predicted molar refractivity (Wildman–Crippen MR) is 108 cm³/mol. The molecule has 7 heteroatoms. The molecule has 28 heavy (non-hydrogen) atoms. The number of nitrogens with zero attached hydrogens (tertiary/aromatic N) is 2. The SMILES string of the molecule is CCCNC(=O)c1cccc(NC(=O)C2CCN(C(=O)N3CCCC3)CC2)c1. The fourth-order valence-corrected chi connectivity index (χ4v) is 3.76. The number of amides is 4. The third-order valence-electron chi connectivity index (χ3n) is 5.44. The maximum absolute atomic E-state index is 12.6. The van der Waals surface area contributed by atoms with Crippen LogP contribution < -0.4 is 10.6 Å². The zero-order valence-corrected chi connectivity index (χ0v) is 16.6. The minimum Gasteiger partial charge on any atom is -0.352 e. The quantitative estimate of drug-likeness (QED) is 0.816. The highest BCUT2D eigenvalue weighted by molar-refractivity contribution is 5.97. The van der Waals surface area contributed by atoms with Crippen molar-refractivity contribution in [3.8, 4) is 0 Å². The van der Waals surface area contributed by atoms with Crippen LogP contribution in [0.3, 0.4) is 0 Å². The molecule has 2 fully saturated rings. The van der Waals surface area contributed by atoms with Gasteiger partial charge in [0.1, 0.15) is 0 Å². The monoisotopic (exact) mass is 386 g/mol. The third kappa shape index (κ3) is 5.03. The lowest BCUT2D eigenvalue weighted by Crippen LogP contribution is -2.47. The second kappa shape index (κ2) is 9.57. The maximum atomic E-state index is 12.6. The number of carbonyl (C=O) groups is 3. The van der Waals surface area contributed by atoms with Crippen molar-refractivity contribution >= 4 is 23.5 Å². The summed E-state index contributed by atoms with van der Waals surface area (Å²) >= 11 is 0. The number of carbonyl (C=O) groups excluding carboxylic acids is 3. The summed E-state index contributed by atoms with van der Waals surface area (Å²) in [5, 5.41) is 5.77. The van der Waals surface area contributed by atoms with Crippen molar-refractivity contribution < 1.29 is 14.4 Å². The molecule has 152 valence electrons. The van der Waals surface area contributed by atoms with Crippen LogP contribution in [-0.4, -0.2) is 60.4 Å². The highest BCUT2D eigenvalue weighted by atomic mass is 16.2. The summed E-state index contributed by atoms with van der Waals surface area (Å²) in [7, 11) is 0. The first-order valence-corrected chi connectivity index (χ1v) is 10.3. The van der Waals surface area contributed by atoms with E-state index in [4.69, 9.17) is 0 Å². The molecule has 2 aliphatic rings. The van der Waals surface area contributed by atoms with Gasteiger partial charge in [0.2, 0.25) is 5.91 Å². The van der Waals surface area contributed by atoms with Crippen molar-refractivity contribution in [2.24, 2.45) is 5.92 Å². The largest absolute Gasteiger partial charge is 0.352 e. The number of urea groups is 1. The normalized spacial score (nSPS) is 17.5. The molecule has 4 amide bonds. The molecule has 2 saturated heterocycles. The predicted octanol–water partition coefficient (Wildman–Crippen LogP) is 2.69. The second-order valence-electron chi connectivity index (χ2n) is 7.56. The van der Waals surface area contributed by atoms with Gasteiger partial charge in [-0.2, -0.15) is 0 Å². The molecule has 0 bridgehead atoms. The molecule has 0 saturated carbocycles. The topological polar surface area (TPSA) is 81.8 Å². The maximum Gasteiger partial charge on any atom is 0.319 e. The van der Waals surface area contributed by atoms with Crippen molar-refractivity contribution in [3.63, 3.8) is 0 Å². The van der Waals surface area contributed by atoms with Crippen molar-refractivity contribution in [1.29, 1.82) is 0 Å². The highest BCUT2D eigenvalue weighted by Gasteiger charge is 2.30. The Hall–Kier alpha value is -2.57. The number of hydrogen-bond acceptors (Lipinski definition) is 3. The van der Waals surface area contributed by atoms with E-state index in [-0.39, 0.29) is 23.8 Å². The van der Waals surface area contributed by atoms with Crippen LogP contribution in [0, 0.1) is 5.92 Å². The molecule has 0 aromatic heterocycles. The van der Waals surface area contributed by atoms with E-state index in [1.165, 1.54) is 0 Å². The Morgan fingerprint density at radius 3 is 2.39 bits per heavy atom. The molecule has 0 radical (unpaired) electrons. The van der Waals surface area contributed by atoms with Gasteiger partial charge in [-0.25, -0.2) is 4.79 Å². The van der Waals surface area contributed by atoms with Crippen molar-refractivity contribution in [3.05, 3.63) is 29.8 Å². The molecule has 0 spiro atoms. The molecule has 2 aliphatic heterocycles. The van der Waals surface area contributed by atoms with Gasteiger partial charge in [0, 0.05) is 49.9 Å².